The summed E-state index contributed by atoms with van der Waals surface area (Å²) in [6, 6.07) is 12.6. The molecule has 94 valence electrons. The lowest BCUT2D eigenvalue weighted by atomic mass is 10.1. The Morgan fingerprint density at radius 2 is 2.00 bits per heavy atom. The lowest BCUT2D eigenvalue weighted by molar-refractivity contribution is -0.140. The number of benzene rings is 1. The van der Waals surface area contributed by atoms with E-state index >= 15 is 0 Å². The molecule has 0 bridgehead atoms. The van der Waals surface area contributed by atoms with Gasteiger partial charge in [-0.3, -0.25) is 4.79 Å². The Hall–Kier alpha value is -1.61. The zero-order valence-electron chi connectivity index (χ0n) is 10.4. The number of esters is 1. The monoisotopic (exact) mass is 260 g/mol. The van der Waals surface area contributed by atoms with Crippen molar-refractivity contribution in [2.45, 2.75) is 19.3 Å². The first-order valence-electron chi connectivity index (χ1n) is 5.95. The minimum absolute atomic E-state index is 0.145. The molecule has 0 radical (unpaired) electrons. The molecule has 2 nitrogen and oxygen atoms in total. The lowest BCUT2D eigenvalue weighted by Gasteiger charge is -1.98. The van der Waals surface area contributed by atoms with Crippen LogP contribution in [0, 0.1) is 0 Å². The zero-order valence-corrected chi connectivity index (χ0v) is 11.2. The highest BCUT2D eigenvalue weighted by atomic mass is 32.1. The molecule has 3 heteroatoms. The number of carbonyl (C=O) groups excluding carboxylic acids is 1. The van der Waals surface area contributed by atoms with Crippen molar-refractivity contribution in [2.75, 3.05) is 7.11 Å². The van der Waals surface area contributed by atoms with E-state index in [1.54, 1.807) is 11.3 Å². The van der Waals surface area contributed by atoms with Crippen molar-refractivity contribution in [2.24, 2.45) is 0 Å². The molecule has 0 N–H and O–H groups in total. The van der Waals surface area contributed by atoms with Crippen LogP contribution in [0.25, 0.3) is 0 Å². The number of hydrogen-bond acceptors (Lipinski definition) is 3. The molecule has 2 aromatic rings. The average molecular weight is 260 g/mol. The largest absolute Gasteiger partial charge is 0.469 e. The fourth-order valence-corrected chi connectivity index (χ4v) is 2.70. The van der Waals surface area contributed by atoms with Crippen LogP contribution in [0.5, 0.6) is 0 Å². The smallest absolute Gasteiger partial charge is 0.305 e. The predicted octanol–water partition coefficient (Wildman–Crippen LogP) is 3.44. The van der Waals surface area contributed by atoms with Crippen molar-refractivity contribution < 1.29 is 9.53 Å². The van der Waals surface area contributed by atoms with E-state index in [0.717, 1.165) is 12.8 Å². The Kier molecular flexibility index (Phi) is 4.53. The average Bonchev–Trinajstić information content (AvgIpc) is 2.85. The maximum absolute atomic E-state index is 11.1. The molecule has 0 aliphatic carbocycles. The topological polar surface area (TPSA) is 26.3 Å². The van der Waals surface area contributed by atoms with Gasteiger partial charge in [0.2, 0.25) is 0 Å². The Balaban J connectivity index is 1.92. The van der Waals surface area contributed by atoms with Crippen molar-refractivity contribution in [1.29, 1.82) is 0 Å². The van der Waals surface area contributed by atoms with Crippen molar-refractivity contribution in [3.63, 3.8) is 0 Å². The highest BCUT2D eigenvalue weighted by Crippen LogP contribution is 2.19. The van der Waals surface area contributed by atoms with E-state index in [1.807, 2.05) is 6.07 Å². The van der Waals surface area contributed by atoms with Crippen molar-refractivity contribution in [1.82, 2.24) is 0 Å². The van der Waals surface area contributed by atoms with Gasteiger partial charge >= 0.3 is 5.97 Å². The third-order valence-corrected chi connectivity index (χ3v) is 3.81. The third kappa shape index (κ3) is 3.70. The first-order chi connectivity index (χ1) is 8.78. The minimum atomic E-state index is -0.145. The summed E-state index contributed by atoms with van der Waals surface area (Å²) in [5, 5.41) is 2.17. The summed E-state index contributed by atoms with van der Waals surface area (Å²) >= 11 is 1.71. The molecule has 0 unspecified atom stereocenters. The molecular formula is C15H16O2S. The summed E-state index contributed by atoms with van der Waals surface area (Å²) < 4.78 is 4.64. The van der Waals surface area contributed by atoms with Crippen LogP contribution in [0.2, 0.25) is 0 Å². The Morgan fingerprint density at radius 1 is 1.22 bits per heavy atom. The van der Waals surface area contributed by atoms with Crippen molar-refractivity contribution in [3.05, 3.63) is 57.8 Å². The van der Waals surface area contributed by atoms with E-state index < -0.39 is 0 Å². The van der Waals surface area contributed by atoms with Crippen LogP contribution in [0.1, 0.15) is 22.4 Å². The second-order valence-corrected chi connectivity index (χ2v) is 5.16. The first-order valence-corrected chi connectivity index (χ1v) is 6.83. The number of ether oxygens (including phenoxy) is 1. The van der Waals surface area contributed by atoms with Crippen LogP contribution < -0.4 is 0 Å². The molecule has 0 spiro atoms. The molecule has 0 saturated heterocycles. The Bertz CT molecular complexity index is 502. The summed E-state index contributed by atoms with van der Waals surface area (Å²) in [5.74, 6) is -0.145. The number of carbonyl (C=O) groups is 1. The number of rotatable bonds is 5. The highest BCUT2D eigenvalue weighted by Gasteiger charge is 2.05. The highest BCUT2D eigenvalue weighted by molar-refractivity contribution is 7.10. The molecule has 0 aliphatic heterocycles. The van der Waals surface area contributed by atoms with E-state index in [4.69, 9.17) is 0 Å². The molecule has 0 fully saturated rings. The van der Waals surface area contributed by atoms with Crippen LogP contribution in [0.15, 0.2) is 41.8 Å². The van der Waals surface area contributed by atoms with Crippen LogP contribution in [-0.4, -0.2) is 13.1 Å². The number of thiophene rings is 1. The maximum Gasteiger partial charge on any atom is 0.305 e. The molecule has 1 heterocycles. The predicted molar refractivity (Wildman–Crippen MR) is 73.9 cm³/mol. The van der Waals surface area contributed by atoms with E-state index in [9.17, 15) is 4.79 Å². The number of methoxy groups -OCH3 is 1. The van der Waals surface area contributed by atoms with Gasteiger partial charge in [0, 0.05) is 4.88 Å². The van der Waals surface area contributed by atoms with Crippen LogP contribution in [-0.2, 0) is 22.4 Å². The summed E-state index contributed by atoms with van der Waals surface area (Å²) in [4.78, 5) is 12.3. The van der Waals surface area contributed by atoms with Gasteiger partial charge in [-0.05, 0) is 35.4 Å². The summed E-state index contributed by atoms with van der Waals surface area (Å²) in [6.07, 6.45) is 2.18. The molecule has 0 saturated carbocycles. The molecule has 0 atom stereocenters. The fraction of sp³-hybridized carbons (Fsp3) is 0.267. The van der Waals surface area contributed by atoms with E-state index in [2.05, 4.69) is 40.4 Å². The lowest BCUT2D eigenvalue weighted by Crippen LogP contribution is -2.00. The molecule has 0 amide bonds. The van der Waals surface area contributed by atoms with Gasteiger partial charge in [0.1, 0.15) is 0 Å². The second kappa shape index (κ2) is 6.36. The summed E-state index contributed by atoms with van der Waals surface area (Å²) in [5.41, 5.74) is 2.63. The standard InChI is InChI=1S/C15H16O2S/c1-17-15(16)8-7-14-10-13(11-18-14)9-12-5-3-2-4-6-12/h2-6,10-11H,7-9H2,1H3. The maximum atomic E-state index is 11.1. The molecule has 1 aromatic carbocycles. The van der Waals surface area contributed by atoms with Gasteiger partial charge in [-0.25, -0.2) is 0 Å². The van der Waals surface area contributed by atoms with E-state index in [1.165, 1.54) is 23.1 Å². The normalized spacial score (nSPS) is 10.3. The molecule has 2 rings (SSSR count). The molecule has 1 aromatic heterocycles. The molecule has 18 heavy (non-hydrogen) atoms. The van der Waals surface area contributed by atoms with Gasteiger partial charge in [0.25, 0.3) is 0 Å². The van der Waals surface area contributed by atoms with Crippen LogP contribution >= 0.6 is 11.3 Å². The van der Waals surface area contributed by atoms with Crippen molar-refractivity contribution in [3.8, 4) is 0 Å². The summed E-state index contributed by atoms with van der Waals surface area (Å²) in [6.45, 7) is 0. The van der Waals surface area contributed by atoms with Gasteiger partial charge < -0.3 is 4.74 Å². The van der Waals surface area contributed by atoms with Gasteiger partial charge in [0.05, 0.1) is 13.5 Å². The van der Waals surface area contributed by atoms with Crippen molar-refractivity contribution >= 4 is 17.3 Å². The minimum Gasteiger partial charge on any atom is -0.469 e. The second-order valence-electron chi connectivity index (χ2n) is 4.16. The molecular weight excluding hydrogens is 244 g/mol. The van der Waals surface area contributed by atoms with Gasteiger partial charge in [-0.2, -0.15) is 0 Å². The van der Waals surface area contributed by atoms with E-state index in [-0.39, 0.29) is 5.97 Å². The summed E-state index contributed by atoms with van der Waals surface area (Å²) in [7, 11) is 1.43. The SMILES string of the molecule is COC(=O)CCc1cc(Cc2ccccc2)cs1. The van der Waals surface area contributed by atoms with Gasteiger partial charge in [0.15, 0.2) is 0 Å². The van der Waals surface area contributed by atoms with E-state index in [0.29, 0.717) is 6.42 Å². The zero-order chi connectivity index (χ0) is 12.8. The van der Waals surface area contributed by atoms with Crippen LogP contribution in [0.4, 0.5) is 0 Å². The quantitative estimate of drug-likeness (QED) is 0.770. The Labute approximate surface area is 111 Å². The molecule has 0 aliphatic rings. The fourth-order valence-electron chi connectivity index (χ4n) is 1.81. The number of aryl methyl sites for hydroxylation is 1. The van der Waals surface area contributed by atoms with Gasteiger partial charge in [-0.1, -0.05) is 30.3 Å². The Morgan fingerprint density at radius 3 is 2.72 bits per heavy atom. The first kappa shape index (κ1) is 12.8. The van der Waals surface area contributed by atoms with Gasteiger partial charge in [-0.15, -0.1) is 11.3 Å². The third-order valence-electron chi connectivity index (χ3n) is 2.76. The van der Waals surface area contributed by atoms with Crippen LogP contribution in [0.3, 0.4) is 0 Å². The number of hydrogen-bond donors (Lipinski definition) is 0.